The van der Waals surface area contributed by atoms with Crippen LogP contribution >= 0.6 is 27.3 Å². The van der Waals surface area contributed by atoms with Crippen LogP contribution in [-0.2, 0) is 6.42 Å². The van der Waals surface area contributed by atoms with Gasteiger partial charge in [0.25, 0.3) is 5.91 Å². The Bertz CT molecular complexity index is 668. The lowest BCUT2D eigenvalue weighted by atomic mass is 10.1. The molecule has 2 heterocycles. The van der Waals surface area contributed by atoms with Crippen LogP contribution < -0.4 is 10.1 Å². The molecular formula is C16H16BrNO2S. The molecule has 1 aromatic carbocycles. The molecule has 1 amide bonds. The van der Waals surface area contributed by atoms with E-state index < -0.39 is 0 Å². The standard InChI is InChI=1S/C16H16BrNO2S/c1-2-11-4-6-14(21-11)15(17)10-3-5-13-12(9-10)16(19)18-7-8-20-13/h3-6,9,15H,2,7-8H2,1H3,(H,18,19). The first-order valence-corrected chi connectivity index (χ1v) is 8.70. The van der Waals surface area contributed by atoms with Crippen molar-refractivity contribution in [3.63, 3.8) is 0 Å². The van der Waals surface area contributed by atoms with Gasteiger partial charge in [0.1, 0.15) is 12.4 Å². The second-order valence-corrected chi connectivity index (χ2v) is 7.00. The Labute approximate surface area is 136 Å². The third-order valence-corrected chi connectivity index (χ3v) is 6.09. The summed E-state index contributed by atoms with van der Waals surface area (Å²) in [6, 6.07) is 10.1. The summed E-state index contributed by atoms with van der Waals surface area (Å²) in [5.74, 6) is 0.596. The number of nitrogens with one attached hydrogen (secondary N) is 1. The summed E-state index contributed by atoms with van der Waals surface area (Å²) < 4.78 is 5.58. The molecule has 0 spiro atoms. The predicted octanol–water partition coefficient (Wildman–Crippen LogP) is 3.92. The van der Waals surface area contributed by atoms with E-state index in [2.05, 4.69) is 40.3 Å². The summed E-state index contributed by atoms with van der Waals surface area (Å²) in [7, 11) is 0. The Hall–Kier alpha value is -1.33. The molecule has 1 atom stereocenters. The SMILES string of the molecule is CCc1ccc(C(Br)c2ccc3c(c2)C(=O)NCCO3)s1. The number of ether oxygens (including phenoxy) is 1. The van der Waals surface area contributed by atoms with Gasteiger partial charge in [-0.2, -0.15) is 0 Å². The maximum atomic E-state index is 12.1. The molecular weight excluding hydrogens is 350 g/mol. The van der Waals surface area contributed by atoms with Gasteiger partial charge in [0, 0.05) is 9.75 Å². The number of alkyl halides is 1. The van der Waals surface area contributed by atoms with Crippen molar-refractivity contribution in [1.29, 1.82) is 0 Å². The predicted molar refractivity (Wildman–Crippen MR) is 88.7 cm³/mol. The zero-order chi connectivity index (χ0) is 14.8. The molecule has 3 nitrogen and oxygen atoms in total. The molecule has 1 unspecified atom stereocenters. The van der Waals surface area contributed by atoms with E-state index in [0.29, 0.717) is 24.5 Å². The number of thiophene rings is 1. The number of amides is 1. The topological polar surface area (TPSA) is 38.3 Å². The van der Waals surface area contributed by atoms with Crippen molar-refractivity contribution in [2.45, 2.75) is 18.2 Å². The minimum absolute atomic E-state index is 0.0653. The van der Waals surface area contributed by atoms with E-state index in [0.717, 1.165) is 12.0 Å². The maximum Gasteiger partial charge on any atom is 0.255 e. The normalized spacial score (nSPS) is 15.6. The lowest BCUT2D eigenvalue weighted by Crippen LogP contribution is -2.24. The van der Waals surface area contributed by atoms with Crippen LogP contribution in [0.5, 0.6) is 5.75 Å². The lowest BCUT2D eigenvalue weighted by Gasteiger charge is -2.12. The van der Waals surface area contributed by atoms with Gasteiger partial charge in [-0.3, -0.25) is 4.79 Å². The van der Waals surface area contributed by atoms with E-state index in [9.17, 15) is 4.79 Å². The first-order valence-electron chi connectivity index (χ1n) is 6.96. The molecule has 1 aliphatic heterocycles. The molecule has 1 aromatic heterocycles. The molecule has 1 N–H and O–H groups in total. The van der Waals surface area contributed by atoms with Gasteiger partial charge in [-0.15, -0.1) is 11.3 Å². The third kappa shape index (κ3) is 2.99. The Morgan fingerprint density at radius 1 is 1.38 bits per heavy atom. The van der Waals surface area contributed by atoms with Gasteiger partial charge >= 0.3 is 0 Å². The van der Waals surface area contributed by atoms with Crippen LogP contribution in [0.4, 0.5) is 0 Å². The molecule has 0 saturated carbocycles. The van der Waals surface area contributed by atoms with Gasteiger partial charge < -0.3 is 10.1 Å². The Morgan fingerprint density at radius 3 is 3.00 bits per heavy atom. The minimum Gasteiger partial charge on any atom is -0.491 e. The van der Waals surface area contributed by atoms with Crippen molar-refractivity contribution in [2.24, 2.45) is 0 Å². The molecule has 0 bridgehead atoms. The Balaban J connectivity index is 1.93. The summed E-state index contributed by atoms with van der Waals surface area (Å²) >= 11 is 5.54. The molecule has 1 aliphatic rings. The number of benzene rings is 1. The van der Waals surface area contributed by atoms with Crippen LogP contribution in [-0.4, -0.2) is 19.1 Å². The average molecular weight is 366 g/mol. The first-order chi connectivity index (χ1) is 10.2. The van der Waals surface area contributed by atoms with Gasteiger partial charge in [0.05, 0.1) is 16.9 Å². The summed E-state index contributed by atoms with van der Waals surface area (Å²) in [5, 5.41) is 2.84. The number of hydrogen-bond donors (Lipinski definition) is 1. The smallest absolute Gasteiger partial charge is 0.255 e. The van der Waals surface area contributed by atoms with Crippen molar-refractivity contribution in [3.05, 3.63) is 51.2 Å². The van der Waals surface area contributed by atoms with Crippen molar-refractivity contribution in [2.75, 3.05) is 13.2 Å². The maximum absolute atomic E-state index is 12.1. The molecule has 3 rings (SSSR count). The number of halogens is 1. The van der Waals surface area contributed by atoms with Crippen LogP contribution in [0.15, 0.2) is 30.3 Å². The van der Waals surface area contributed by atoms with Gasteiger partial charge in [-0.05, 0) is 36.2 Å². The molecule has 0 aliphatic carbocycles. The number of carbonyl (C=O) groups excluding carboxylic acids is 1. The van der Waals surface area contributed by atoms with E-state index in [1.807, 2.05) is 18.2 Å². The van der Waals surface area contributed by atoms with Gasteiger partial charge in [0.15, 0.2) is 0 Å². The van der Waals surface area contributed by atoms with Crippen molar-refractivity contribution in [1.82, 2.24) is 5.32 Å². The molecule has 110 valence electrons. The highest BCUT2D eigenvalue weighted by Crippen LogP contribution is 2.37. The Kier molecular flexibility index (Phi) is 4.31. The van der Waals surface area contributed by atoms with Crippen LogP contribution in [0.1, 0.15) is 37.4 Å². The molecule has 2 aromatic rings. The third-order valence-electron chi connectivity index (χ3n) is 3.47. The quantitative estimate of drug-likeness (QED) is 0.837. The molecule has 5 heteroatoms. The van der Waals surface area contributed by atoms with Crippen LogP contribution in [0.2, 0.25) is 0 Å². The highest BCUT2D eigenvalue weighted by atomic mass is 79.9. The summed E-state index contributed by atoms with van der Waals surface area (Å²) in [6.45, 7) is 3.22. The van der Waals surface area contributed by atoms with Crippen molar-refractivity contribution < 1.29 is 9.53 Å². The number of rotatable bonds is 3. The van der Waals surface area contributed by atoms with Crippen LogP contribution in [0.3, 0.4) is 0 Å². The fraction of sp³-hybridized carbons (Fsp3) is 0.312. The van der Waals surface area contributed by atoms with Gasteiger partial charge in [-0.1, -0.05) is 28.9 Å². The lowest BCUT2D eigenvalue weighted by molar-refractivity contribution is 0.0957. The highest BCUT2D eigenvalue weighted by molar-refractivity contribution is 9.09. The van der Waals surface area contributed by atoms with E-state index in [4.69, 9.17) is 4.74 Å². The summed E-state index contributed by atoms with van der Waals surface area (Å²) in [4.78, 5) is 14.8. The fourth-order valence-corrected chi connectivity index (χ4v) is 3.99. The van der Waals surface area contributed by atoms with E-state index >= 15 is 0 Å². The molecule has 21 heavy (non-hydrogen) atoms. The second-order valence-electron chi connectivity index (χ2n) is 4.88. The first kappa shape index (κ1) is 14.6. The largest absolute Gasteiger partial charge is 0.491 e. The molecule has 0 fully saturated rings. The van der Waals surface area contributed by atoms with E-state index in [1.165, 1.54) is 9.75 Å². The zero-order valence-corrected chi connectivity index (χ0v) is 14.1. The van der Waals surface area contributed by atoms with Gasteiger partial charge in [-0.25, -0.2) is 0 Å². The number of aryl methyl sites for hydroxylation is 1. The summed E-state index contributed by atoms with van der Waals surface area (Å²) in [5.41, 5.74) is 1.68. The monoisotopic (exact) mass is 365 g/mol. The van der Waals surface area contributed by atoms with E-state index in [-0.39, 0.29) is 10.7 Å². The number of hydrogen-bond acceptors (Lipinski definition) is 3. The van der Waals surface area contributed by atoms with E-state index in [1.54, 1.807) is 11.3 Å². The molecule has 0 saturated heterocycles. The Morgan fingerprint density at radius 2 is 2.24 bits per heavy atom. The minimum atomic E-state index is -0.0653. The average Bonchev–Trinajstić information content (AvgIpc) is 2.92. The van der Waals surface area contributed by atoms with Crippen molar-refractivity contribution >= 4 is 33.2 Å². The summed E-state index contributed by atoms with van der Waals surface area (Å²) in [6.07, 6.45) is 1.05. The number of fused-ring (bicyclic) bond motifs is 1. The highest BCUT2D eigenvalue weighted by Gasteiger charge is 2.20. The molecule has 0 radical (unpaired) electrons. The van der Waals surface area contributed by atoms with Crippen molar-refractivity contribution in [3.8, 4) is 5.75 Å². The van der Waals surface area contributed by atoms with Crippen LogP contribution in [0.25, 0.3) is 0 Å². The van der Waals surface area contributed by atoms with Gasteiger partial charge in [0.2, 0.25) is 0 Å². The zero-order valence-electron chi connectivity index (χ0n) is 11.7. The fourth-order valence-electron chi connectivity index (χ4n) is 2.31. The number of carbonyl (C=O) groups is 1. The van der Waals surface area contributed by atoms with Crippen LogP contribution in [0, 0.1) is 0 Å². The second kappa shape index (κ2) is 6.20.